The lowest BCUT2D eigenvalue weighted by atomic mass is 9.68. The van der Waals surface area contributed by atoms with Crippen LogP contribution in [0, 0.1) is 47.0 Å². The smallest absolute Gasteiger partial charge is 0.400 e. The molecule has 0 heterocycles. The molecule has 0 radical (unpaired) electrons. The highest BCUT2D eigenvalue weighted by Crippen LogP contribution is 2.46. The molecular weight excluding hydrogens is 411 g/mol. The number of halogens is 5. The molecule has 0 saturated heterocycles. The number of alkyl halides is 2. The van der Waals surface area contributed by atoms with Gasteiger partial charge >= 0.3 is 6.11 Å². The lowest BCUT2D eigenvalue weighted by molar-refractivity contribution is -0.224. The number of hydrogen-bond acceptors (Lipinski definition) is 1. The second-order valence-corrected chi connectivity index (χ2v) is 10.1. The largest absolute Gasteiger partial charge is 0.432 e. The third-order valence-electron chi connectivity index (χ3n) is 8.16. The lowest BCUT2D eigenvalue weighted by Gasteiger charge is -2.39. The monoisotopic (exact) mass is 444 g/mol. The minimum absolute atomic E-state index is 0.339. The second-order valence-electron chi connectivity index (χ2n) is 10.1. The quantitative estimate of drug-likeness (QED) is 0.317. The van der Waals surface area contributed by atoms with E-state index in [0.717, 1.165) is 24.7 Å². The molecule has 1 aromatic carbocycles. The zero-order valence-corrected chi connectivity index (χ0v) is 18.0. The molecule has 6 heteroatoms. The minimum Gasteiger partial charge on any atom is -0.432 e. The summed E-state index contributed by atoms with van der Waals surface area (Å²) < 4.78 is 73.5. The maximum absolute atomic E-state index is 14.6. The SMILES string of the molecule is Fc1cc(OC(F)(F)C2CCC(C3CCC(CC4CCCC4)CC3)CC2)cc(F)c1F. The minimum atomic E-state index is -3.53. The third-order valence-corrected chi connectivity index (χ3v) is 8.16. The average molecular weight is 445 g/mol. The van der Waals surface area contributed by atoms with Crippen molar-refractivity contribution in [1.82, 2.24) is 0 Å². The third kappa shape index (κ3) is 5.54. The van der Waals surface area contributed by atoms with Crippen LogP contribution in [0.4, 0.5) is 22.0 Å². The maximum atomic E-state index is 14.6. The number of benzene rings is 1. The predicted octanol–water partition coefficient (Wildman–Crippen LogP) is 8.27. The molecule has 0 aliphatic heterocycles. The summed E-state index contributed by atoms with van der Waals surface area (Å²) in [5.41, 5.74) is 0. The van der Waals surface area contributed by atoms with Crippen molar-refractivity contribution in [1.29, 1.82) is 0 Å². The van der Waals surface area contributed by atoms with E-state index in [-0.39, 0.29) is 0 Å². The van der Waals surface area contributed by atoms with Gasteiger partial charge in [-0.2, -0.15) is 8.78 Å². The van der Waals surface area contributed by atoms with E-state index in [4.69, 9.17) is 0 Å². The van der Waals surface area contributed by atoms with E-state index in [1.807, 2.05) is 0 Å². The van der Waals surface area contributed by atoms with Crippen LogP contribution in [-0.4, -0.2) is 6.11 Å². The molecule has 174 valence electrons. The Bertz CT molecular complexity index is 706. The van der Waals surface area contributed by atoms with E-state index >= 15 is 0 Å². The average Bonchev–Trinajstić information content (AvgIpc) is 3.25. The van der Waals surface area contributed by atoms with Crippen LogP contribution < -0.4 is 4.74 Å². The first-order chi connectivity index (χ1) is 14.8. The summed E-state index contributed by atoms with van der Waals surface area (Å²) in [6.45, 7) is 0. The van der Waals surface area contributed by atoms with Gasteiger partial charge in [0.25, 0.3) is 0 Å². The Morgan fingerprint density at radius 2 is 1.19 bits per heavy atom. The van der Waals surface area contributed by atoms with Crippen LogP contribution in [0.5, 0.6) is 5.75 Å². The molecule has 3 saturated carbocycles. The zero-order valence-electron chi connectivity index (χ0n) is 18.0. The van der Waals surface area contributed by atoms with Crippen molar-refractivity contribution in [2.24, 2.45) is 29.6 Å². The first kappa shape index (κ1) is 22.8. The molecular formula is C25H33F5O. The van der Waals surface area contributed by atoms with Crippen molar-refractivity contribution < 1.29 is 26.7 Å². The van der Waals surface area contributed by atoms with E-state index in [0.29, 0.717) is 36.8 Å². The van der Waals surface area contributed by atoms with Gasteiger partial charge in [-0.25, -0.2) is 13.2 Å². The van der Waals surface area contributed by atoms with E-state index in [1.165, 1.54) is 57.8 Å². The van der Waals surface area contributed by atoms with Gasteiger partial charge in [-0.3, -0.25) is 0 Å². The molecule has 3 aliphatic carbocycles. The molecule has 0 amide bonds. The summed E-state index contributed by atoms with van der Waals surface area (Å²) in [7, 11) is 0. The Morgan fingerprint density at radius 1 is 0.710 bits per heavy atom. The summed E-state index contributed by atoms with van der Waals surface area (Å²) in [6, 6.07) is 0.948. The molecule has 3 fully saturated rings. The van der Waals surface area contributed by atoms with Crippen molar-refractivity contribution in [3.63, 3.8) is 0 Å². The van der Waals surface area contributed by atoms with Crippen LogP contribution >= 0.6 is 0 Å². The van der Waals surface area contributed by atoms with Crippen molar-refractivity contribution in [2.45, 2.75) is 89.6 Å². The summed E-state index contributed by atoms with van der Waals surface area (Å²) in [5.74, 6) is -3.50. The molecule has 0 bridgehead atoms. The van der Waals surface area contributed by atoms with Crippen molar-refractivity contribution >= 4 is 0 Å². The summed E-state index contributed by atoms with van der Waals surface area (Å²) in [4.78, 5) is 0. The molecule has 0 unspecified atom stereocenters. The van der Waals surface area contributed by atoms with Gasteiger partial charge in [0.1, 0.15) is 5.75 Å². The zero-order chi connectivity index (χ0) is 22.0. The van der Waals surface area contributed by atoms with E-state index < -0.39 is 35.2 Å². The van der Waals surface area contributed by atoms with Crippen LogP contribution in [0.15, 0.2) is 12.1 Å². The Kier molecular flexibility index (Phi) is 7.12. The summed E-state index contributed by atoms with van der Waals surface area (Å²) in [5, 5.41) is 0. The first-order valence-electron chi connectivity index (χ1n) is 12.0. The van der Waals surface area contributed by atoms with Crippen LogP contribution in [0.25, 0.3) is 0 Å². The van der Waals surface area contributed by atoms with E-state index in [2.05, 4.69) is 4.74 Å². The first-order valence-corrected chi connectivity index (χ1v) is 12.0. The van der Waals surface area contributed by atoms with Crippen molar-refractivity contribution in [3.05, 3.63) is 29.6 Å². The molecule has 31 heavy (non-hydrogen) atoms. The standard InChI is InChI=1S/C25H33F5O/c26-22-14-21(15-23(27)24(22)28)31-25(29,30)20-11-9-19(10-12-20)18-7-5-17(6-8-18)13-16-3-1-2-4-16/h14-20H,1-13H2. The summed E-state index contributed by atoms with van der Waals surface area (Å²) in [6.07, 6.45) is 10.6. The Hall–Kier alpha value is -1.33. The fourth-order valence-corrected chi connectivity index (χ4v) is 6.37. The van der Waals surface area contributed by atoms with E-state index in [9.17, 15) is 22.0 Å². The van der Waals surface area contributed by atoms with Crippen molar-refractivity contribution in [2.75, 3.05) is 0 Å². The van der Waals surface area contributed by atoms with Gasteiger partial charge in [0.2, 0.25) is 0 Å². The topological polar surface area (TPSA) is 9.23 Å². The van der Waals surface area contributed by atoms with Crippen molar-refractivity contribution in [3.8, 4) is 5.75 Å². The highest BCUT2D eigenvalue weighted by molar-refractivity contribution is 5.25. The molecule has 0 atom stereocenters. The molecule has 0 N–H and O–H groups in total. The molecule has 1 nitrogen and oxygen atoms in total. The number of rotatable bonds is 6. The lowest BCUT2D eigenvalue weighted by Crippen LogP contribution is -2.38. The molecule has 1 aromatic rings. The van der Waals surface area contributed by atoms with Gasteiger partial charge in [0.05, 0.1) is 5.92 Å². The Labute approximate surface area is 181 Å². The van der Waals surface area contributed by atoms with Crippen LogP contribution in [-0.2, 0) is 0 Å². The number of hydrogen-bond donors (Lipinski definition) is 0. The Morgan fingerprint density at radius 3 is 1.74 bits per heavy atom. The fourth-order valence-electron chi connectivity index (χ4n) is 6.37. The van der Waals surface area contributed by atoms with Crippen LogP contribution in [0.1, 0.15) is 83.5 Å². The van der Waals surface area contributed by atoms with E-state index in [1.54, 1.807) is 0 Å². The molecule has 4 rings (SSSR count). The highest BCUT2D eigenvalue weighted by Gasteiger charge is 2.45. The predicted molar refractivity (Wildman–Crippen MR) is 109 cm³/mol. The molecule has 0 spiro atoms. The molecule has 0 aromatic heterocycles. The van der Waals surface area contributed by atoms with Gasteiger partial charge in [0, 0.05) is 12.1 Å². The highest BCUT2D eigenvalue weighted by atomic mass is 19.3. The normalized spacial score (nSPS) is 30.5. The van der Waals surface area contributed by atoms with Gasteiger partial charge in [-0.15, -0.1) is 0 Å². The maximum Gasteiger partial charge on any atom is 0.400 e. The second kappa shape index (κ2) is 9.66. The Balaban J connectivity index is 1.24. The van der Waals surface area contributed by atoms with Crippen LogP contribution in [0.2, 0.25) is 0 Å². The number of ether oxygens (including phenoxy) is 1. The van der Waals surface area contributed by atoms with Gasteiger partial charge in [-0.1, -0.05) is 38.5 Å². The van der Waals surface area contributed by atoms with Gasteiger partial charge in [0.15, 0.2) is 17.5 Å². The fraction of sp³-hybridized carbons (Fsp3) is 0.760. The van der Waals surface area contributed by atoms with Gasteiger partial charge < -0.3 is 4.74 Å². The molecule has 3 aliphatic rings. The van der Waals surface area contributed by atoms with Gasteiger partial charge in [-0.05, 0) is 68.6 Å². The van der Waals surface area contributed by atoms with Crippen LogP contribution in [0.3, 0.4) is 0 Å². The summed E-state index contributed by atoms with van der Waals surface area (Å²) >= 11 is 0.